The van der Waals surface area contributed by atoms with E-state index in [1.165, 1.54) is 4.52 Å². The normalized spacial score (nSPS) is 11.5. The summed E-state index contributed by atoms with van der Waals surface area (Å²) < 4.78 is 1.31. The maximum Gasteiger partial charge on any atom is 0.279 e. The predicted octanol–water partition coefficient (Wildman–Crippen LogP) is 3.17. The minimum Gasteiger partial charge on any atom is -0.327 e. The molecule has 5 nitrogen and oxygen atoms in total. The maximum absolute atomic E-state index is 12.5. The highest BCUT2D eigenvalue weighted by Gasteiger charge is 2.16. The molecule has 108 valence electrons. The minimum absolute atomic E-state index is 0.117. The molecule has 0 radical (unpaired) electrons. The quantitative estimate of drug-likeness (QED) is 0.791. The second kappa shape index (κ2) is 5.00. The van der Waals surface area contributed by atoms with E-state index in [2.05, 4.69) is 15.1 Å². The van der Waals surface area contributed by atoms with Gasteiger partial charge in [0.05, 0.1) is 5.02 Å². The predicted molar refractivity (Wildman–Crippen MR) is 82.9 cm³/mol. The van der Waals surface area contributed by atoms with Gasteiger partial charge in [0.15, 0.2) is 5.82 Å². The molecule has 1 N–H and O–H groups in total. The van der Waals surface area contributed by atoms with Crippen LogP contribution < -0.4 is 5.56 Å². The van der Waals surface area contributed by atoms with Crippen LogP contribution >= 0.6 is 11.6 Å². The summed E-state index contributed by atoms with van der Waals surface area (Å²) in [4.78, 5) is 20.0. The van der Waals surface area contributed by atoms with Gasteiger partial charge < -0.3 is 4.98 Å². The van der Waals surface area contributed by atoms with E-state index in [1.807, 2.05) is 39.0 Å². The van der Waals surface area contributed by atoms with Crippen molar-refractivity contribution in [1.29, 1.82) is 0 Å². The molecule has 3 aromatic rings. The Labute approximate surface area is 126 Å². The molecule has 0 bridgehead atoms. The SMILES string of the molecule is Cc1[nH]c2nc(-c3ccccc3Cl)nn2c(=O)c1C(C)C. The van der Waals surface area contributed by atoms with Crippen LogP contribution in [0.2, 0.25) is 5.02 Å². The van der Waals surface area contributed by atoms with Crippen molar-refractivity contribution in [2.45, 2.75) is 26.7 Å². The molecular weight excluding hydrogens is 288 g/mol. The fraction of sp³-hybridized carbons (Fsp3) is 0.267. The first-order chi connectivity index (χ1) is 9.99. The number of aromatic nitrogens is 4. The maximum atomic E-state index is 12.5. The van der Waals surface area contributed by atoms with Crippen molar-refractivity contribution in [1.82, 2.24) is 19.6 Å². The molecule has 0 amide bonds. The molecule has 0 atom stereocenters. The zero-order valence-electron chi connectivity index (χ0n) is 12.0. The van der Waals surface area contributed by atoms with Crippen molar-refractivity contribution in [2.24, 2.45) is 0 Å². The van der Waals surface area contributed by atoms with Gasteiger partial charge in [-0.15, -0.1) is 5.10 Å². The second-order valence-corrected chi connectivity index (χ2v) is 5.68. The van der Waals surface area contributed by atoms with Gasteiger partial charge in [0.2, 0.25) is 5.78 Å². The largest absolute Gasteiger partial charge is 0.327 e. The van der Waals surface area contributed by atoms with Crippen LogP contribution in [-0.2, 0) is 0 Å². The molecule has 0 saturated heterocycles. The monoisotopic (exact) mass is 302 g/mol. The van der Waals surface area contributed by atoms with Crippen LogP contribution in [0.1, 0.15) is 31.0 Å². The number of hydrogen-bond donors (Lipinski definition) is 1. The highest BCUT2D eigenvalue weighted by molar-refractivity contribution is 6.33. The number of halogens is 1. The number of rotatable bonds is 2. The van der Waals surface area contributed by atoms with Crippen LogP contribution in [-0.4, -0.2) is 19.6 Å². The van der Waals surface area contributed by atoms with Crippen molar-refractivity contribution in [3.05, 3.63) is 50.9 Å². The van der Waals surface area contributed by atoms with Crippen molar-refractivity contribution < 1.29 is 0 Å². The minimum atomic E-state index is -0.137. The molecule has 0 aliphatic rings. The molecular formula is C15H15ClN4O. The first-order valence-corrected chi connectivity index (χ1v) is 7.11. The van der Waals surface area contributed by atoms with E-state index in [4.69, 9.17) is 11.6 Å². The Bertz CT molecular complexity index is 879. The van der Waals surface area contributed by atoms with Crippen LogP contribution in [0.3, 0.4) is 0 Å². The third-order valence-corrected chi connectivity index (χ3v) is 3.75. The summed E-state index contributed by atoms with van der Waals surface area (Å²) in [5.41, 5.74) is 2.11. The molecule has 0 spiro atoms. The summed E-state index contributed by atoms with van der Waals surface area (Å²) in [5.74, 6) is 0.984. The van der Waals surface area contributed by atoms with E-state index in [1.54, 1.807) is 6.07 Å². The van der Waals surface area contributed by atoms with Crippen molar-refractivity contribution >= 4 is 17.4 Å². The van der Waals surface area contributed by atoms with E-state index < -0.39 is 0 Å². The molecule has 21 heavy (non-hydrogen) atoms. The van der Waals surface area contributed by atoms with E-state index in [9.17, 15) is 4.79 Å². The number of nitrogens with zero attached hydrogens (tertiary/aromatic N) is 3. The lowest BCUT2D eigenvalue weighted by Gasteiger charge is -2.07. The third kappa shape index (κ3) is 2.23. The molecule has 2 aromatic heterocycles. The van der Waals surface area contributed by atoms with Gasteiger partial charge in [-0.25, -0.2) is 0 Å². The first-order valence-electron chi connectivity index (χ1n) is 6.73. The summed E-state index contributed by atoms with van der Waals surface area (Å²) in [6, 6.07) is 7.31. The Morgan fingerprint density at radius 1 is 1.29 bits per heavy atom. The molecule has 0 aliphatic carbocycles. The summed E-state index contributed by atoms with van der Waals surface area (Å²) in [6.07, 6.45) is 0. The smallest absolute Gasteiger partial charge is 0.279 e. The van der Waals surface area contributed by atoms with Gasteiger partial charge in [-0.2, -0.15) is 9.50 Å². The van der Waals surface area contributed by atoms with E-state index in [0.717, 1.165) is 11.3 Å². The van der Waals surface area contributed by atoms with Gasteiger partial charge in [-0.05, 0) is 25.0 Å². The number of hydrogen-bond acceptors (Lipinski definition) is 3. The molecule has 3 rings (SSSR count). The standard InChI is InChI=1S/C15H15ClN4O/c1-8(2)12-9(3)17-15-18-13(19-20(15)14(12)21)10-6-4-5-7-11(10)16/h4-8H,1-3H3,(H,17,18,19). The zero-order chi connectivity index (χ0) is 15.1. The third-order valence-electron chi connectivity index (χ3n) is 3.43. The van der Waals surface area contributed by atoms with Gasteiger partial charge in [0.1, 0.15) is 0 Å². The van der Waals surface area contributed by atoms with Gasteiger partial charge in [0.25, 0.3) is 5.56 Å². The highest BCUT2D eigenvalue weighted by Crippen LogP contribution is 2.24. The molecule has 6 heteroatoms. The van der Waals surface area contributed by atoms with E-state index in [-0.39, 0.29) is 11.5 Å². The fourth-order valence-corrected chi connectivity index (χ4v) is 2.70. The Balaban J connectivity index is 2.29. The van der Waals surface area contributed by atoms with Gasteiger partial charge >= 0.3 is 0 Å². The Morgan fingerprint density at radius 3 is 2.67 bits per heavy atom. The molecule has 0 saturated carbocycles. The van der Waals surface area contributed by atoms with Crippen LogP contribution in [0.4, 0.5) is 0 Å². The number of fused-ring (bicyclic) bond motifs is 1. The van der Waals surface area contributed by atoms with Crippen LogP contribution in [0, 0.1) is 6.92 Å². The van der Waals surface area contributed by atoms with Crippen LogP contribution in [0.25, 0.3) is 17.2 Å². The lowest BCUT2D eigenvalue weighted by molar-refractivity contribution is 0.780. The number of aromatic amines is 1. The average molecular weight is 303 g/mol. The molecule has 1 aromatic carbocycles. The highest BCUT2D eigenvalue weighted by atomic mass is 35.5. The summed E-state index contributed by atoms with van der Waals surface area (Å²) in [7, 11) is 0. The van der Waals surface area contributed by atoms with E-state index in [0.29, 0.717) is 22.2 Å². The molecule has 0 fully saturated rings. The summed E-state index contributed by atoms with van der Waals surface area (Å²) in [6.45, 7) is 5.84. The van der Waals surface area contributed by atoms with Gasteiger partial charge in [0, 0.05) is 16.8 Å². The lowest BCUT2D eigenvalue weighted by Crippen LogP contribution is -2.22. The molecule has 2 heterocycles. The number of aryl methyl sites for hydroxylation is 1. The Kier molecular flexibility index (Phi) is 3.29. The van der Waals surface area contributed by atoms with Crippen molar-refractivity contribution in [3.63, 3.8) is 0 Å². The zero-order valence-corrected chi connectivity index (χ0v) is 12.8. The fourth-order valence-electron chi connectivity index (χ4n) is 2.48. The first kappa shape index (κ1) is 13.8. The van der Waals surface area contributed by atoms with Gasteiger partial charge in [-0.1, -0.05) is 37.6 Å². The topological polar surface area (TPSA) is 63.1 Å². The van der Waals surface area contributed by atoms with Crippen molar-refractivity contribution in [3.8, 4) is 11.4 Å². The average Bonchev–Trinajstić information content (AvgIpc) is 2.82. The molecule has 0 unspecified atom stereocenters. The van der Waals surface area contributed by atoms with Gasteiger partial charge in [-0.3, -0.25) is 4.79 Å². The number of benzene rings is 1. The summed E-state index contributed by atoms with van der Waals surface area (Å²) >= 11 is 6.16. The van der Waals surface area contributed by atoms with Crippen molar-refractivity contribution in [2.75, 3.05) is 0 Å². The van der Waals surface area contributed by atoms with E-state index >= 15 is 0 Å². The molecule has 0 aliphatic heterocycles. The Morgan fingerprint density at radius 2 is 2.00 bits per heavy atom. The number of nitrogens with one attached hydrogen (secondary N) is 1. The van der Waals surface area contributed by atoms with Crippen LogP contribution in [0.5, 0.6) is 0 Å². The lowest BCUT2D eigenvalue weighted by atomic mass is 10.0. The number of H-pyrrole nitrogens is 1. The second-order valence-electron chi connectivity index (χ2n) is 5.27. The Hall–Kier alpha value is -2.14. The van der Waals surface area contributed by atoms with Crippen LogP contribution in [0.15, 0.2) is 29.1 Å². The summed E-state index contributed by atoms with van der Waals surface area (Å²) in [5, 5.41) is 4.86.